The van der Waals surface area contributed by atoms with Crippen LogP contribution < -0.4 is 5.43 Å². The molecule has 0 saturated heterocycles. The Morgan fingerprint density at radius 2 is 2.00 bits per heavy atom. The van der Waals surface area contributed by atoms with Gasteiger partial charge in [-0.2, -0.15) is 0 Å². The molecule has 0 radical (unpaired) electrons. The molecule has 27 heavy (non-hydrogen) atoms. The summed E-state index contributed by atoms with van der Waals surface area (Å²) in [6, 6.07) is 10.5. The van der Waals surface area contributed by atoms with Crippen LogP contribution in [0.5, 0.6) is 0 Å². The summed E-state index contributed by atoms with van der Waals surface area (Å²) in [6.45, 7) is 4.38. The van der Waals surface area contributed by atoms with Crippen LogP contribution in [-0.4, -0.2) is 17.4 Å². The molecule has 1 aliphatic rings. The molecule has 4 rings (SSSR count). The summed E-state index contributed by atoms with van der Waals surface area (Å²) in [6.07, 6.45) is 0.781. The van der Waals surface area contributed by atoms with E-state index in [1.807, 2.05) is 38.1 Å². The molecule has 0 N–H and O–H groups in total. The number of hydrogen-bond acceptors (Lipinski definition) is 3. The van der Waals surface area contributed by atoms with E-state index in [-0.39, 0.29) is 17.1 Å². The summed E-state index contributed by atoms with van der Waals surface area (Å²) in [5.41, 5.74) is 2.24. The van der Waals surface area contributed by atoms with Crippen molar-refractivity contribution < 1.29 is 9.21 Å². The van der Waals surface area contributed by atoms with Crippen LogP contribution in [0.4, 0.5) is 0 Å². The number of amides is 1. The molecule has 1 unspecified atom stereocenters. The zero-order valence-electron chi connectivity index (χ0n) is 14.9. The van der Waals surface area contributed by atoms with E-state index in [0.717, 1.165) is 22.0 Å². The van der Waals surface area contributed by atoms with Crippen LogP contribution in [0.3, 0.4) is 0 Å². The second-order valence-corrected chi connectivity index (χ2v) is 8.05. The first-order chi connectivity index (χ1) is 12.9. The van der Waals surface area contributed by atoms with Crippen LogP contribution in [-0.2, 0) is 0 Å². The highest BCUT2D eigenvalue weighted by Gasteiger charge is 2.42. The lowest BCUT2D eigenvalue weighted by molar-refractivity contribution is 0.0728. The van der Waals surface area contributed by atoms with Crippen molar-refractivity contribution in [3.8, 4) is 0 Å². The third-order valence-corrected chi connectivity index (χ3v) is 5.78. The Labute approximate surface area is 169 Å². The van der Waals surface area contributed by atoms with Gasteiger partial charge in [-0.25, -0.2) is 0 Å². The van der Waals surface area contributed by atoms with E-state index in [1.165, 1.54) is 0 Å². The molecule has 0 spiro atoms. The number of hydrogen-bond donors (Lipinski definition) is 0. The topological polar surface area (TPSA) is 50.5 Å². The smallest absolute Gasteiger partial charge is 0.290 e. The standard InChI is InChI=1S/C21H17BrClNO3/c1-3-7-24-18(12-5-4-6-13(22)9-12)17-19(25)14-10-15(23)11(2)8-16(14)27-20(17)21(24)26/h4-6,8-10,18H,3,7H2,1-2H3. The lowest BCUT2D eigenvalue weighted by Crippen LogP contribution is -2.30. The van der Waals surface area contributed by atoms with Gasteiger partial charge in [-0.05, 0) is 48.7 Å². The average molecular weight is 447 g/mol. The predicted octanol–water partition coefficient (Wildman–Crippen LogP) is 5.47. The molecule has 1 atom stereocenters. The van der Waals surface area contributed by atoms with Crippen molar-refractivity contribution >= 4 is 44.4 Å². The molecule has 1 aliphatic heterocycles. The van der Waals surface area contributed by atoms with Crippen LogP contribution in [0.2, 0.25) is 5.02 Å². The minimum absolute atomic E-state index is 0.132. The monoisotopic (exact) mass is 445 g/mol. The molecule has 1 amide bonds. The molecule has 0 bridgehead atoms. The van der Waals surface area contributed by atoms with Crippen LogP contribution in [0.15, 0.2) is 50.1 Å². The number of benzene rings is 2. The highest BCUT2D eigenvalue weighted by molar-refractivity contribution is 9.10. The molecule has 4 nitrogen and oxygen atoms in total. The van der Waals surface area contributed by atoms with E-state index >= 15 is 0 Å². The van der Waals surface area contributed by atoms with E-state index < -0.39 is 6.04 Å². The van der Waals surface area contributed by atoms with E-state index in [2.05, 4.69) is 15.9 Å². The average Bonchev–Trinajstić information content (AvgIpc) is 2.90. The van der Waals surface area contributed by atoms with Gasteiger partial charge in [0.05, 0.1) is 17.0 Å². The third kappa shape index (κ3) is 2.89. The summed E-state index contributed by atoms with van der Waals surface area (Å²) < 4.78 is 6.82. The molecular weight excluding hydrogens is 430 g/mol. The van der Waals surface area contributed by atoms with Gasteiger partial charge in [-0.3, -0.25) is 9.59 Å². The number of fused-ring (bicyclic) bond motifs is 2. The first kappa shape index (κ1) is 18.3. The van der Waals surface area contributed by atoms with Gasteiger partial charge in [0.25, 0.3) is 5.91 Å². The van der Waals surface area contributed by atoms with Crippen molar-refractivity contribution in [2.45, 2.75) is 26.3 Å². The van der Waals surface area contributed by atoms with Crippen molar-refractivity contribution in [2.75, 3.05) is 6.54 Å². The summed E-state index contributed by atoms with van der Waals surface area (Å²) in [5.74, 6) is -0.115. The summed E-state index contributed by atoms with van der Waals surface area (Å²) in [4.78, 5) is 28.1. The third-order valence-electron chi connectivity index (χ3n) is 4.88. The largest absolute Gasteiger partial charge is 0.450 e. The van der Waals surface area contributed by atoms with Gasteiger partial charge in [0.1, 0.15) is 5.58 Å². The highest BCUT2D eigenvalue weighted by atomic mass is 79.9. The van der Waals surface area contributed by atoms with E-state index in [0.29, 0.717) is 28.1 Å². The molecule has 0 aliphatic carbocycles. The maximum atomic E-state index is 13.3. The minimum Gasteiger partial charge on any atom is -0.450 e. The molecule has 0 saturated carbocycles. The molecule has 2 heterocycles. The maximum Gasteiger partial charge on any atom is 0.290 e. The Hall–Kier alpha value is -2.11. The van der Waals surface area contributed by atoms with Crippen molar-refractivity contribution in [3.05, 3.63) is 78.6 Å². The van der Waals surface area contributed by atoms with Gasteiger partial charge in [-0.1, -0.05) is 46.6 Å². The summed E-state index contributed by atoms with van der Waals surface area (Å²) in [7, 11) is 0. The summed E-state index contributed by atoms with van der Waals surface area (Å²) >= 11 is 9.70. The van der Waals surface area contributed by atoms with Gasteiger partial charge in [-0.15, -0.1) is 0 Å². The van der Waals surface area contributed by atoms with Crippen LogP contribution >= 0.6 is 27.5 Å². The molecule has 3 aromatic rings. The molecule has 1 aromatic heterocycles. The van der Waals surface area contributed by atoms with Crippen LogP contribution in [0.25, 0.3) is 11.0 Å². The van der Waals surface area contributed by atoms with E-state index in [9.17, 15) is 9.59 Å². The zero-order valence-corrected chi connectivity index (χ0v) is 17.2. The highest BCUT2D eigenvalue weighted by Crippen LogP contribution is 2.39. The number of halogens is 2. The Kier molecular flexibility index (Phi) is 4.60. The molecule has 2 aromatic carbocycles. The van der Waals surface area contributed by atoms with E-state index in [1.54, 1.807) is 17.0 Å². The van der Waals surface area contributed by atoms with Gasteiger partial charge in [0.15, 0.2) is 5.43 Å². The van der Waals surface area contributed by atoms with Gasteiger partial charge in [0.2, 0.25) is 5.76 Å². The second-order valence-electron chi connectivity index (χ2n) is 6.73. The number of nitrogens with zero attached hydrogens (tertiary/aromatic N) is 1. The zero-order chi connectivity index (χ0) is 19.3. The Balaban J connectivity index is 2.04. The van der Waals surface area contributed by atoms with Gasteiger partial charge < -0.3 is 9.32 Å². The fourth-order valence-corrected chi connectivity index (χ4v) is 4.22. The Bertz CT molecular complexity index is 1140. The van der Waals surface area contributed by atoms with Crippen LogP contribution in [0.1, 0.15) is 46.6 Å². The molecular formula is C21H17BrClNO3. The fourth-order valence-electron chi connectivity index (χ4n) is 3.64. The van der Waals surface area contributed by atoms with Gasteiger partial charge >= 0.3 is 0 Å². The van der Waals surface area contributed by atoms with Crippen molar-refractivity contribution in [1.82, 2.24) is 4.90 Å². The Morgan fingerprint density at radius 3 is 2.70 bits per heavy atom. The van der Waals surface area contributed by atoms with Crippen molar-refractivity contribution in [1.29, 1.82) is 0 Å². The van der Waals surface area contributed by atoms with Crippen LogP contribution in [0, 0.1) is 6.92 Å². The number of carbonyl (C=O) groups excluding carboxylic acids is 1. The van der Waals surface area contributed by atoms with E-state index in [4.69, 9.17) is 16.0 Å². The Morgan fingerprint density at radius 1 is 1.22 bits per heavy atom. The van der Waals surface area contributed by atoms with Crippen molar-refractivity contribution in [3.63, 3.8) is 0 Å². The normalized spacial score (nSPS) is 16.2. The predicted molar refractivity (Wildman–Crippen MR) is 110 cm³/mol. The number of carbonyl (C=O) groups is 1. The molecule has 138 valence electrons. The van der Waals surface area contributed by atoms with Crippen molar-refractivity contribution in [2.24, 2.45) is 0 Å². The first-order valence-corrected chi connectivity index (χ1v) is 9.92. The molecule has 0 fully saturated rings. The number of aryl methyl sites for hydroxylation is 1. The molecule has 6 heteroatoms. The maximum absolute atomic E-state index is 13.3. The lowest BCUT2D eigenvalue weighted by atomic mass is 9.98. The number of rotatable bonds is 3. The SMILES string of the molecule is CCCN1C(=O)c2oc3cc(C)c(Cl)cc3c(=O)c2C1c1cccc(Br)c1. The fraction of sp³-hybridized carbons (Fsp3) is 0.238. The minimum atomic E-state index is -0.467. The first-order valence-electron chi connectivity index (χ1n) is 8.75. The summed E-state index contributed by atoms with van der Waals surface area (Å²) in [5, 5.41) is 0.902. The second kappa shape index (κ2) is 6.80. The quantitative estimate of drug-likeness (QED) is 0.536. The lowest BCUT2D eigenvalue weighted by Gasteiger charge is -2.24. The van der Waals surface area contributed by atoms with Gasteiger partial charge in [0, 0.05) is 16.0 Å².